The monoisotopic (exact) mass is 537 g/mol. The van der Waals surface area contributed by atoms with Crippen molar-refractivity contribution in [3.05, 3.63) is 129 Å². The van der Waals surface area contributed by atoms with Gasteiger partial charge in [0.1, 0.15) is 23.5 Å². The summed E-state index contributed by atoms with van der Waals surface area (Å²) in [6.45, 7) is 11.0. The highest BCUT2D eigenvalue weighted by atomic mass is 16.5. The maximum Gasteiger partial charge on any atom is 0.361 e. The van der Waals surface area contributed by atoms with Gasteiger partial charge in [0.05, 0.1) is 5.52 Å². The first-order valence-electron chi connectivity index (χ1n) is 14.0. The van der Waals surface area contributed by atoms with Crippen LogP contribution in [0.25, 0.3) is 49.3 Å². The molecule has 0 aliphatic heterocycles. The SMILES string of the molecule is Cc1ccc(-c2c3c4cc(C)c(C)cc4oc(=O)c3n3ccc4cc(OCc5ccccc5)c(C)cc4c23)cc1C. The highest BCUT2D eigenvalue weighted by Crippen LogP contribution is 2.43. The second-order valence-electron chi connectivity index (χ2n) is 11.2. The lowest BCUT2D eigenvalue weighted by Crippen LogP contribution is -2.03. The van der Waals surface area contributed by atoms with Crippen LogP contribution < -0.4 is 10.4 Å². The van der Waals surface area contributed by atoms with Crippen molar-refractivity contribution < 1.29 is 9.15 Å². The normalized spacial score (nSPS) is 11.7. The zero-order valence-electron chi connectivity index (χ0n) is 24.0. The Labute approximate surface area is 238 Å². The summed E-state index contributed by atoms with van der Waals surface area (Å²) in [6, 6.07) is 27.3. The lowest BCUT2D eigenvalue weighted by atomic mass is 9.95. The Morgan fingerprint density at radius 3 is 2.22 bits per heavy atom. The van der Waals surface area contributed by atoms with Crippen molar-refractivity contribution in [2.24, 2.45) is 0 Å². The van der Waals surface area contributed by atoms with Crippen LogP contribution in [0.3, 0.4) is 0 Å². The van der Waals surface area contributed by atoms with Crippen LogP contribution in [0, 0.1) is 34.6 Å². The number of aromatic nitrogens is 1. The van der Waals surface area contributed by atoms with Gasteiger partial charge in [0.25, 0.3) is 0 Å². The van der Waals surface area contributed by atoms with Crippen molar-refractivity contribution in [2.45, 2.75) is 41.2 Å². The fourth-order valence-electron chi connectivity index (χ4n) is 5.95. The van der Waals surface area contributed by atoms with E-state index in [4.69, 9.17) is 9.15 Å². The molecule has 4 nitrogen and oxygen atoms in total. The van der Waals surface area contributed by atoms with Crippen molar-refractivity contribution in [3.8, 4) is 16.9 Å². The second-order valence-corrected chi connectivity index (χ2v) is 11.2. The van der Waals surface area contributed by atoms with Crippen LogP contribution in [-0.4, -0.2) is 4.40 Å². The Kier molecular flexibility index (Phi) is 5.75. The van der Waals surface area contributed by atoms with E-state index in [9.17, 15) is 4.79 Å². The second kappa shape index (κ2) is 9.38. The van der Waals surface area contributed by atoms with Crippen molar-refractivity contribution in [1.82, 2.24) is 4.40 Å². The molecule has 3 heterocycles. The number of pyridine rings is 1. The van der Waals surface area contributed by atoms with Crippen molar-refractivity contribution >= 4 is 38.2 Å². The van der Waals surface area contributed by atoms with Gasteiger partial charge in [-0.25, -0.2) is 4.79 Å². The molecule has 4 heteroatoms. The minimum Gasteiger partial charge on any atom is -0.489 e. The Morgan fingerprint density at radius 1 is 0.707 bits per heavy atom. The van der Waals surface area contributed by atoms with Crippen LogP contribution in [-0.2, 0) is 6.61 Å². The third kappa shape index (κ3) is 4.02. The third-order valence-corrected chi connectivity index (χ3v) is 8.50. The van der Waals surface area contributed by atoms with Crippen LogP contribution >= 0.6 is 0 Å². The van der Waals surface area contributed by atoms with Gasteiger partial charge in [-0.05, 0) is 109 Å². The summed E-state index contributed by atoms with van der Waals surface area (Å²) in [5.41, 5.74) is 10.8. The molecule has 7 aromatic rings. The van der Waals surface area contributed by atoms with Gasteiger partial charge in [-0.15, -0.1) is 0 Å². The van der Waals surface area contributed by atoms with E-state index in [-0.39, 0.29) is 5.63 Å². The molecule has 0 N–H and O–H groups in total. The molecule has 7 rings (SSSR count). The lowest BCUT2D eigenvalue weighted by Gasteiger charge is -2.13. The number of rotatable bonds is 4. The molecule has 202 valence electrons. The zero-order chi connectivity index (χ0) is 28.4. The van der Waals surface area contributed by atoms with E-state index in [0.717, 1.165) is 66.2 Å². The number of ether oxygens (including phenoxy) is 1. The number of hydrogen-bond donors (Lipinski definition) is 0. The molecule has 4 aromatic carbocycles. The molecule has 0 bridgehead atoms. The average molecular weight is 538 g/mol. The van der Waals surface area contributed by atoms with Crippen LogP contribution in [0.15, 0.2) is 94.3 Å². The van der Waals surface area contributed by atoms with Crippen LogP contribution in [0.4, 0.5) is 0 Å². The average Bonchev–Trinajstić information content (AvgIpc) is 3.32. The van der Waals surface area contributed by atoms with Gasteiger partial charge in [-0.1, -0.05) is 48.5 Å². The van der Waals surface area contributed by atoms with Gasteiger partial charge in [-0.2, -0.15) is 0 Å². The van der Waals surface area contributed by atoms with E-state index in [1.54, 1.807) is 0 Å². The van der Waals surface area contributed by atoms with Crippen LogP contribution in [0.5, 0.6) is 5.75 Å². The molecule has 0 amide bonds. The molecule has 0 spiro atoms. The maximum atomic E-state index is 13.6. The van der Waals surface area contributed by atoms with Gasteiger partial charge in [-0.3, -0.25) is 0 Å². The highest BCUT2D eigenvalue weighted by molar-refractivity contribution is 6.21. The quantitative estimate of drug-likeness (QED) is 0.210. The standard InChI is InChI=1S/C37H31NO3/c1-21-11-12-28(15-22(21)2)33-34-30-16-23(3)24(4)18-32(30)41-37(39)36(34)38-14-13-27-19-31(25(5)17-29(27)35(33)38)40-20-26-9-7-6-8-10-26/h6-19H,20H2,1-5H3. The molecule has 41 heavy (non-hydrogen) atoms. The summed E-state index contributed by atoms with van der Waals surface area (Å²) in [4.78, 5) is 13.6. The van der Waals surface area contributed by atoms with Gasteiger partial charge < -0.3 is 13.6 Å². The number of benzene rings is 4. The van der Waals surface area contributed by atoms with E-state index >= 15 is 0 Å². The molecule has 0 atom stereocenters. The Balaban J connectivity index is 1.58. The first-order chi connectivity index (χ1) is 19.8. The largest absolute Gasteiger partial charge is 0.489 e. The van der Waals surface area contributed by atoms with Gasteiger partial charge >= 0.3 is 5.63 Å². The maximum absolute atomic E-state index is 13.6. The summed E-state index contributed by atoms with van der Waals surface area (Å²) in [6.07, 6.45) is 1.99. The summed E-state index contributed by atoms with van der Waals surface area (Å²) >= 11 is 0. The predicted molar refractivity (Wildman–Crippen MR) is 168 cm³/mol. The first-order valence-corrected chi connectivity index (χ1v) is 14.0. The molecule has 0 aliphatic rings. The third-order valence-electron chi connectivity index (χ3n) is 8.50. The fraction of sp³-hybridized carbons (Fsp3) is 0.162. The molecular formula is C37H31NO3. The molecule has 0 saturated carbocycles. The van der Waals surface area contributed by atoms with Crippen molar-refractivity contribution in [3.63, 3.8) is 0 Å². The first kappa shape index (κ1) is 25.2. The molecule has 0 fully saturated rings. The molecule has 0 saturated heterocycles. The predicted octanol–water partition coefficient (Wildman–Crippen LogP) is 9.14. The minimum atomic E-state index is -0.334. The molecular weight excluding hydrogens is 506 g/mol. The smallest absolute Gasteiger partial charge is 0.361 e. The molecule has 3 aromatic heterocycles. The number of nitrogens with zero attached hydrogens (tertiary/aromatic N) is 1. The van der Waals surface area contributed by atoms with E-state index in [2.05, 4.69) is 82.3 Å². The number of hydrogen-bond acceptors (Lipinski definition) is 3. The van der Waals surface area contributed by atoms with Crippen molar-refractivity contribution in [1.29, 1.82) is 0 Å². The zero-order valence-corrected chi connectivity index (χ0v) is 24.0. The minimum absolute atomic E-state index is 0.334. The number of aryl methyl sites for hydroxylation is 5. The summed E-state index contributed by atoms with van der Waals surface area (Å²) in [7, 11) is 0. The van der Waals surface area contributed by atoms with Crippen LogP contribution in [0.1, 0.15) is 33.4 Å². The Bertz CT molecular complexity index is 2220. The molecule has 0 unspecified atom stereocenters. The summed E-state index contributed by atoms with van der Waals surface area (Å²) in [5, 5.41) is 4.00. The van der Waals surface area contributed by atoms with E-state index in [1.165, 1.54) is 11.1 Å². The lowest BCUT2D eigenvalue weighted by molar-refractivity contribution is 0.304. The fourth-order valence-corrected chi connectivity index (χ4v) is 5.95. The van der Waals surface area contributed by atoms with Gasteiger partial charge in [0.2, 0.25) is 0 Å². The Morgan fingerprint density at radius 2 is 1.44 bits per heavy atom. The Hall–Kier alpha value is -4.83. The van der Waals surface area contributed by atoms with E-state index in [1.807, 2.05) is 41.8 Å². The topological polar surface area (TPSA) is 43.9 Å². The van der Waals surface area contributed by atoms with Gasteiger partial charge in [0, 0.05) is 27.9 Å². The van der Waals surface area contributed by atoms with Crippen molar-refractivity contribution in [2.75, 3.05) is 0 Å². The highest BCUT2D eigenvalue weighted by Gasteiger charge is 2.23. The van der Waals surface area contributed by atoms with Gasteiger partial charge in [0.15, 0.2) is 0 Å². The van der Waals surface area contributed by atoms with E-state index < -0.39 is 0 Å². The molecule has 0 aliphatic carbocycles. The molecule has 0 radical (unpaired) electrons. The summed E-state index contributed by atoms with van der Waals surface area (Å²) in [5.74, 6) is 0.852. The van der Waals surface area contributed by atoms with E-state index in [0.29, 0.717) is 17.7 Å². The summed E-state index contributed by atoms with van der Waals surface area (Å²) < 4.78 is 14.2. The van der Waals surface area contributed by atoms with Crippen LogP contribution in [0.2, 0.25) is 0 Å². The number of fused-ring (bicyclic) bond motifs is 7.